The molecule has 6 rings (SSSR count). The molecule has 3 aliphatic carbocycles. The van der Waals surface area contributed by atoms with Gasteiger partial charge in [0.1, 0.15) is 0 Å². The second-order valence-electron chi connectivity index (χ2n) is 6.58. The summed E-state index contributed by atoms with van der Waals surface area (Å²) in [5, 5.41) is 0. The van der Waals surface area contributed by atoms with Crippen molar-refractivity contribution >= 4 is 9.84 Å². The molecular weight excluding hydrogens is 280 g/mol. The minimum Gasteiger partial charge on any atom is -0.228 e. The van der Waals surface area contributed by atoms with Crippen LogP contribution in [0.1, 0.15) is 46.9 Å². The molecule has 4 aliphatic rings. The molecule has 0 amide bonds. The van der Waals surface area contributed by atoms with E-state index in [1.54, 1.807) is 0 Å². The summed E-state index contributed by atoms with van der Waals surface area (Å²) in [4.78, 5) is 0. The van der Waals surface area contributed by atoms with Crippen LogP contribution >= 0.6 is 0 Å². The predicted octanol–water partition coefficient (Wildman–Crippen LogP) is 3.22. The largest absolute Gasteiger partial charge is 0.228 e. The Kier molecular flexibility index (Phi) is 2.05. The van der Waals surface area contributed by atoms with Crippen LogP contribution in [0.4, 0.5) is 0 Å². The number of hydrogen-bond donors (Lipinski definition) is 0. The summed E-state index contributed by atoms with van der Waals surface area (Å²) in [7, 11) is -2.96. The van der Waals surface area contributed by atoms with Crippen LogP contribution < -0.4 is 0 Å². The maximum atomic E-state index is 12.6. The Morgan fingerprint density at radius 2 is 1.38 bits per heavy atom. The molecule has 1 saturated heterocycles. The van der Waals surface area contributed by atoms with Crippen molar-refractivity contribution in [1.82, 2.24) is 0 Å². The minimum absolute atomic E-state index is 0.0358. The monoisotopic (exact) mass is 296 g/mol. The van der Waals surface area contributed by atoms with Crippen molar-refractivity contribution in [2.75, 3.05) is 5.75 Å². The predicted molar refractivity (Wildman–Crippen MR) is 82.3 cm³/mol. The van der Waals surface area contributed by atoms with Crippen LogP contribution in [0, 0.1) is 0 Å². The molecule has 1 heterocycles. The normalized spacial score (nSPS) is 34.1. The van der Waals surface area contributed by atoms with E-state index in [0.717, 1.165) is 12.8 Å². The molecule has 1 fully saturated rings. The van der Waals surface area contributed by atoms with Gasteiger partial charge < -0.3 is 0 Å². The highest BCUT2D eigenvalue weighted by molar-refractivity contribution is 7.94. The first-order valence-corrected chi connectivity index (χ1v) is 9.19. The van der Waals surface area contributed by atoms with E-state index in [1.807, 2.05) is 12.1 Å². The second kappa shape index (κ2) is 3.58. The summed E-state index contributed by atoms with van der Waals surface area (Å²) in [6.07, 6.45) is 1.59. The van der Waals surface area contributed by atoms with Gasteiger partial charge in [-0.3, -0.25) is 0 Å². The van der Waals surface area contributed by atoms with E-state index in [0.29, 0.717) is 5.75 Å². The van der Waals surface area contributed by atoms with E-state index in [1.165, 1.54) is 22.3 Å². The lowest BCUT2D eigenvalue weighted by Crippen LogP contribution is -2.60. The summed E-state index contributed by atoms with van der Waals surface area (Å²) in [5.41, 5.74) is 5.18. The Bertz CT molecular complexity index is 821. The molecule has 1 spiro atoms. The standard InChI is InChI=1S/C18H16O2S/c19-21(20)10-9-18(21)11-16-12-5-1-3-7-14(12)17(18)15-8-4-2-6-13(15)16/h1-8,16-17H,9-11H2. The number of hydrogen-bond acceptors (Lipinski definition) is 2. The SMILES string of the molecule is O=S1(=O)CCC12CC1c3ccccc3C2c2ccccc21. The van der Waals surface area contributed by atoms with Crippen molar-refractivity contribution in [2.45, 2.75) is 29.4 Å². The molecule has 0 N–H and O–H groups in total. The first-order valence-electron chi connectivity index (χ1n) is 7.54. The minimum atomic E-state index is -2.96. The molecule has 0 aromatic heterocycles. The lowest BCUT2D eigenvalue weighted by Gasteiger charge is -2.56. The molecule has 0 saturated carbocycles. The van der Waals surface area contributed by atoms with Crippen molar-refractivity contribution in [1.29, 1.82) is 0 Å². The second-order valence-corrected chi connectivity index (χ2v) is 9.03. The van der Waals surface area contributed by atoms with Gasteiger partial charge in [-0.15, -0.1) is 0 Å². The van der Waals surface area contributed by atoms with E-state index in [-0.39, 0.29) is 11.8 Å². The highest BCUT2D eigenvalue weighted by Gasteiger charge is 2.63. The van der Waals surface area contributed by atoms with Crippen LogP contribution in [-0.2, 0) is 9.84 Å². The molecule has 2 aromatic rings. The molecule has 106 valence electrons. The van der Waals surface area contributed by atoms with Crippen LogP contribution in [0.3, 0.4) is 0 Å². The van der Waals surface area contributed by atoms with Crippen molar-refractivity contribution in [2.24, 2.45) is 0 Å². The number of sulfone groups is 1. The highest BCUT2D eigenvalue weighted by atomic mass is 32.2. The van der Waals surface area contributed by atoms with E-state index < -0.39 is 14.6 Å². The average molecular weight is 296 g/mol. The van der Waals surface area contributed by atoms with E-state index in [9.17, 15) is 8.42 Å². The van der Waals surface area contributed by atoms with Crippen LogP contribution in [0.5, 0.6) is 0 Å². The molecular formula is C18H16O2S. The third-order valence-electron chi connectivity index (χ3n) is 5.85. The zero-order valence-corrected chi connectivity index (χ0v) is 12.4. The summed E-state index contributed by atoms with van der Waals surface area (Å²) < 4.78 is 24.7. The lowest BCUT2D eigenvalue weighted by atomic mass is 9.58. The molecule has 1 aliphatic heterocycles. The summed E-state index contributed by atoms with van der Waals surface area (Å²) in [6, 6.07) is 16.9. The first kappa shape index (κ1) is 12.0. The van der Waals surface area contributed by atoms with Gasteiger partial charge in [0.05, 0.1) is 10.5 Å². The summed E-state index contributed by atoms with van der Waals surface area (Å²) in [5.74, 6) is 0.645. The van der Waals surface area contributed by atoms with Gasteiger partial charge in [0.25, 0.3) is 0 Å². The first-order chi connectivity index (χ1) is 10.1. The average Bonchev–Trinajstić information content (AvgIpc) is 2.54. The smallest absolute Gasteiger partial charge is 0.157 e. The molecule has 1 unspecified atom stereocenters. The zero-order chi connectivity index (χ0) is 14.2. The fourth-order valence-electron chi connectivity index (χ4n) is 4.85. The third-order valence-corrected chi connectivity index (χ3v) is 8.44. The van der Waals surface area contributed by atoms with Crippen molar-refractivity contribution in [3.05, 3.63) is 70.8 Å². The molecule has 2 bridgehead atoms. The molecule has 21 heavy (non-hydrogen) atoms. The van der Waals surface area contributed by atoms with Gasteiger partial charge in [-0.05, 0) is 35.1 Å². The van der Waals surface area contributed by atoms with Crippen LogP contribution in [0.2, 0.25) is 0 Å². The summed E-state index contributed by atoms with van der Waals surface area (Å²) >= 11 is 0. The summed E-state index contributed by atoms with van der Waals surface area (Å²) in [6.45, 7) is 0. The Balaban J connectivity index is 1.87. The Labute approximate surface area is 124 Å². The van der Waals surface area contributed by atoms with E-state index in [4.69, 9.17) is 0 Å². The molecule has 2 nitrogen and oxygen atoms in total. The van der Waals surface area contributed by atoms with Crippen LogP contribution in [-0.4, -0.2) is 18.9 Å². The molecule has 2 aromatic carbocycles. The Hall–Kier alpha value is -1.61. The third kappa shape index (κ3) is 1.23. The molecule has 3 heteroatoms. The molecule has 0 radical (unpaired) electrons. The fraction of sp³-hybridized carbons (Fsp3) is 0.333. The maximum Gasteiger partial charge on any atom is 0.157 e. The lowest BCUT2D eigenvalue weighted by molar-refractivity contribution is 0.334. The van der Waals surface area contributed by atoms with Crippen molar-refractivity contribution < 1.29 is 8.42 Å². The van der Waals surface area contributed by atoms with Gasteiger partial charge >= 0.3 is 0 Å². The van der Waals surface area contributed by atoms with Gasteiger partial charge in [0.2, 0.25) is 0 Å². The van der Waals surface area contributed by atoms with Gasteiger partial charge in [0.15, 0.2) is 9.84 Å². The van der Waals surface area contributed by atoms with Gasteiger partial charge in [-0.1, -0.05) is 48.5 Å². The highest BCUT2D eigenvalue weighted by Crippen LogP contribution is 2.63. The van der Waals surface area contributed by atoms with Gasteiger partial charge in [-0.25, -0.2) is 8.42 Å². The van der Waals surface area contributed by atoms with Gasteiger partial charge in [-0.2, -0.15) is 0 Å². The van der Waals surface area contributed by atoms with Gasteiger partial charge in [0, 0.05) is 11.8 Å². The number of rotatable bonds is 0. The number of benzene rings is 2. The van der Waals surface area contributed by atoms with E-state index >= 15 is 0 Å². The van der Waals surface area contributed by atoms with Crippen LogP contribution in [0.25, 0.3) is 0 Å². The Morgan fingerprint density at radius 3 is 1.81 bits per heavy atom. The topological polar surface area (TPSA) is 34.1 Å². The van der Waals surface area contributed by atoms with Crippen molar-refractivity contribution in [3.8, 4) is 0 Å². The van der Waals surface area contributed by atoms with Crippen molar-refractivity contribution in [3.63, 3.8) is 0 Å². The quantitative estimate of drug-likeness (QED) is 0.748. The maximum absolute atomic E-state index is 12.6. The van der Waals surface area contributed by atoms with E-state index in [2.05, 4.69) is 36.4 Å². The Morgan fingerprint density at radius 1 is 0.857 bits per heavy atom. The fourth-order valence-corrected chi connectivity index (χ4v) is 6.95. The molecule has 1 atom stereocenters. The van der Waals surface area contributed by atoms with Crippen LogP contribution in [0.15, 0.2) is 48.5 Å². The zero-order valence-electron chi connectivity index (χ0n) is 11.6.